The Balaban J connectivity index is 3.40. The van der Waals surface area contributed by atoms with Gasteiger partial charge < -0.3 is 28.4 Å². The lowest BCUT2D eigenvalue weighted by Crippen LogP contribution is -2.56. The van der Waals surface area contributed by atoms with Crippen molar-refractivity contribution in [2.75, 3.05) is 6.61 Å². The lowest BCUT2D eigenvalue weighted by molar-refractivity contribution is -0.183. The van der Waals surface area contributed by atoms with Gasteiger partial charge in [-0.15, -0.1) is 0 Å². The first-order valence-corrected chi connectivity index (χ1v) is 10.9. The molecule has 0 saturated heterocycles. The van der Waals surface area contributed by atoms with Crippen LogP contribution in [0.25, 0.3) is 0 Å². The number of rotatable bonds is 10. The Morgan fingerprint density at radius 1 is 0.912 bits per heavy atom. The van der Waals surface area contributed by atoms with Crippen LogP contribution in [0.15, 0.2) is 18.2 Å². The molecular weight excluding hydrogens is 450 g/mol. The average Bonchev–Trinajstić information content (AvgIpc) is 2.70. The quantitative estimate of drug-likeness (QED) is 0.224. The number of ether oxygens (including phenoxy) is 6. The summed E-state index contributed by atoms with van der Waals surface area (Å²) in [4.78, 5) is 48.4. The third kappa shape index (κ3) is 8.54. The summed E-state index contributed by atoms with van der Waals surface area (Å²) in [6.07, 6.45) is -2.46. The van der Waals surface area contributed by atoms with Crippen molar-refractivity contribution in [3.8, 4) is 11.5 Å². The maximum absolute atomic E-state index is 12.7. The molecule has 0 amide bonds. The summed E-state index contributed by atoms with van der Waals surface area (Å²) in [6, 6.07) is 4.08. The smallest absolute Gasteiger partial charge is 0.462 e. The van der Waals surface area contributed by atoms with Crippen LogP contribution in [0.1, 0.15) is 66.4 Å². The Bertz CT molecular complexity index is 883. The molecule has 0 heterocycles. The third-order valence-electron chi connectivity index (χ3n) is 4.23. The van der Waals surface area contributed by atoms with Crippen LogP contribution in [-0.4, -0.2) is 48.8 Å². The summed E-state index contributed by atoms with van der Waals surface area (Å²) < 4.78 is 30.6. The van der Waals surface area contributed by atoms with E-state index in [0.717, 1.165) is 6.92 Å². The van der Waals surface area contributed by atoms with Crippen molar-refractivity contribution < 1.29 is 47.6 Å². The Morgan fingerprint density at radius 3 is 1.91 bits per heavy atom. The van der Waals surface area contributed by atoms with Crippen LogP contribution in [0, 0.1) is 0 Å². The molecule has 190 valence electrons. The van der Waals surface area contributed by atoms with Crippen molar-refractivity contribution in [2.45, 2.75) is 78.7 Å². The molecule has 2 atom stereocenters. The minimum Gasteiger partial charge on any atom is -0.462 e. The van der Waals surface area contributed by atoms with Crippen molar-refractivity contribution in [1.82, 2.24) is 0 Å². The van der Waals surface area contributed by atoms with Gasteiger partial charge >= 0.3 is 24.2 Å². The van der Waals surface area contributed by atoms with Gasteiger partial charge in [0, 0.05) is 12.8 Å². The molecule has 0 saturated carbocycles. The van der Waals surface area contributed by atoms with Crippen LogP contribution in [0.2, 0.25) is 0 Å². The summed E-state index contributed by atoms with van der Waals surface area (Å²) in [7, 11) is 0. The molecule has 0 fully saturated rings. The van der Waals surface area contributed by atoms with E-state index < -0.39 is 48.1 Å². The average molecular weight is 484 g/mol. The largest absolute Gasteiger partial charge is 0.514 e. The Kier molecular flexibility index (Phi) is 10.8. The number of carbonyl (C=O) groups is 4. The van der Waals surface area contributed by atoms with Gasteiger partial charge in [-0.05, 0) is 51.8 Å². The first-order valence-electron chi connectivity index (χ1n) is 10.9. The minimum absolute atomic E-state index is 0.0753. The Morgan fingerprint density at radius 2 is 1.44 bits per heavy atom. The van der Waals surface area contributed by atoms with E-state index >= 15 is 0 Å². The summed E-state index contributed by atoms with van der Waals surface area (Å²) in [5.74, 6) is -3.05. The van der Waals surface area contributed by atoms with Gasteiger partial charge in [0.05, 0.1) is 18.8 Å². The van der Waals surface area contributed by atoms with E-state index in [1.54, 1.807) is 34.6 Å². The van der Waals surface area contributed by atoms with Crippen molar-refractivity contribution in [1.29, 1.82) is 0 Å². The molecule has 2 N–H and O–H groups in total. The lowest BCUT2D eigenvalue weighted by Gasteiger charge is -2.32. The highest BCUT2D eigenvalue weighted by Gasteiger charge is 2.46. The van der Waals surface area contributed by atoms with Gasteiger partial charge in [0.25, 0.3) is 5.72 Å². The van der Waals surface area contributed by atoms with Crippen LogP contribution in [0.5, 0.6) is 11.5 Å². The van der Waals surface area contributed by atoms with Gasteiger partial charge in [-0.3, -0.25) is 10.5 Å². The molecule has 0 aromatic heterocycles. The molecule has 0 radical (unpaired) electrons. The zero-order chi connectivity index (χ0) is 26.1. The molecule has 0 aliphatic carbocycles. The molecule has 0 aliphatic heterocycles. The molecular formula is C23H33NO10. The van der Waals surface area contributed by atoms with Gasteiger partial charge in [0.1, 0.15) is 0 Å². The monoisotopic (exact) mass is 483 g/mol. The normalized spacial score (nSPS) is 13.5. The fourth-order valence-corrected chi connectivity index (χ4v) is 2.67. The third-order valence-corrected chi connectivity index (χ3v) is 4.23. The highest BCUT2D eigenvalue weighted by Crippen LogP contribution is 2.36. The summed E-state index contributed by atoms with van der Waals surface area (Å²) >= 11 is 0. The first-order chi connectivity index (χ1) is 15.8. The number of carbonyl (C=O) groups excluding carboxylic acids is 4. The maximum atomic E-state index is 12.7. The van der Waals surface area contributed by atoms with Crippen molar-refractivity contribution in [3.05, 3.63) is 23.8 Å². The number of benzene rings is 1. The lowest BCUT2D eigenvalue weighted by atomic mass is 9.90. The van der Waals surface area contributed by atoms with Gasteiger partial charge in [0.15, 0.2) is 11.5 Å². The molecule has 0 aliphatic rings. The molecule has 1 aromatic rings. The number of hydrogen-bond acceptors (Lipinski definition) is 11. The van der Waals surface area contributed by atoms with E-state index in [-0.39, 0.29) is 18.1 Å². The molecule has 1 aromatic carbocycles. The highest BCUT2D eigenvalue weighted by molar-refractivity contribution is 5.83. The zero-order valence-corrected chi connectivity index (χ0v) is 20.5. The second kappa shape index (κ2) is 12.8. The summed E-state index contributed by atoms with van der Waals surface area (Å²) in [5.41, 5.74) is 4.34. The molecule has 1 rings (SSSR count). The molecule has 0 bridgehead atoms. The SMILES string of the molecule is CCCOC(=O)[C@](N)(OC(C)=O)C(C)c1ccc(OC(=O)OC(C)C)c(OC(=O)OC(C)C)c1. The predicted octanol–water partition coefficient (Wildman–Crippen LogP) is 3.81. The van der Waals surface area contributed by atoms with E-state index in [1.165, 1.54) is 25.1 Å². The van der Waals surface area contributed by atoms with E-state index in [9.17, 15) is 19.2 Å². The van der Waals surface area contributed by atoms with Crippen LogP contribution in [-0.2, 0) is 28.5 Å². The zero-order valence-electron chi connectivity index (χ0n) is 20.5. The fraction of sp³-hybridized carbons (Fsp3) is 0.565. The minimum atomic E-state index is -2.17. The Labute approximate surface area is 198 Å². The van der Waals surface area contributed by atoms with Crippen LogP contribution in [0.3, 0.4) is 0 Å². The number of nitrogens with two attached hydrogens (primary N) is 1. The van der Waals surface area contributed by atoms with Crippen molar-refractivity contribution in [2.24, 2.45) is 5.73 Å². The van der Waals surface area contributed by atoms with Crippen molar-refractivity contribution >= 4 is 24.2 Å². The predicted molar refractivity (Wildman–Crippen MR) is 119 cm³/mol. The second-order valence-electron chi connectivity index (χ2n) is 7.99. The Hall–Kier alpha value is -3.34. The number of esters is 2. The van der Waals surface area contributed by atoms with E-state index in [4.69, 9.17) is 34.2 Å². The topological polar surface area (TPSA) is 150 Å². The first kappa shape index (κ1) is 28.7. The summed E-state index contributed by atoms with van der Waals surface area (Å²) in [5, 5.41) is 0. The van der Waals surface area contributed by atoms with Crippen molar-refractivity contribution in [3.63, 3.8) is 0 Å². The standard InChI is InChI=1S/C23H33NO10/c1-8-11-29-20(26)23(24,34-16(7)25)15(6)17-9-10-18(32-21(27)30-13(2)3)19(12-17)33-22(28)31-14(4)5/h9-10,12-15H,8,11,24H2,1-7H3/t15?,23-/m1/s1. The van der Waals surface area contributed by atoms with Gasteiger partial charge in [-0.1, -0.05) is 19.9 Å². The number of hydrogen-bond donors (Lipinski definition) is 1. The van der Waals surface area contributed by atoms with E-state index in [1.807, 2.05) is 0 Å². The van der Waals surface area contributed by atoms with Crippen LogP contribution >= 0.6 is 0 Å². The fourth-order valence-electron chi connectivity index (χ4n) is 2.67. The molecule has 11 heteroatoms. The maximum Gasteiger partial charge on any atom is 0.514 e. The van der Waals surface area contributed by atoms with E-state index in [0.29, 0.717) is 12.0 Å². The molecule has 1 unspecified atom stereocenters. The second-order valence-corrected chi connectivity index (χ2v) is 7.99. The van der Waals surface area contributed by atoms with Gasteiger partial charge in [-0.25, -0.2) is 14.4 Å². The molecule has 11 nitrogen and oxygen atoms in total. The van der Waals surface area contributed by atoms with E-state index in [2.05, 4.69) is 0 Å². The van der Waals surface area contributed by atoms with Gasteiger partial charge in [-0.2, -0.15) is 0 Å². The van der Waals surface area contributed by atoms with Crippen LogP contribution in [0.4, 0.5) is 9.59 Å². The molecule has 34 heavy (non-hydrogen) atoms. The summed E-state index contributed by atoms with van der Waals surface area (Å²) in [6.45, 7) is 11.0. The van der Waals surface area contributed by atoms with Gasteiger partial charge in [0.2, 0.25) is 0 Å². The van der Waals surface area contributed by atoms with Crippen LogP contribution < -0.4 is 15.2 Å². The molecule has 0 spiro atoms. The highest BCUT2D eigenvalue weighted by atomic mass is 16.7.